The number of benzene rings is 1. The molecule has 1 aromatic carbocycles. The highest BCUT2D eigenvalue weighted by atomic mass is 16.5. The van der Waals surface area contributed by atoms with Crippen LogP contribution in [0.1, 0.15) is 21.5 Å². The molecule has 1 N–H and O–H groups in total. The molecule has 19 heavy (non-hydrogen) atoms. The smallest absolute Gasteiger partial charge is 0.254 e. The molecule has 3 rings (SSSR count). The molecule has 0 fully saturated rings. The number of hydrogen-bond donors (Lipinski definition) is 1. The Balaban J connectivity index is 1.57. The van der Waals surface area contributed by atoms with Crippen molar-refractivity contribution in [2.75, 3.05) is 6.54 Å². The summed E-state index contributed by atoms with van der Waals surface area (Å²) in [5.41, 5.74) is 3.08. The molecule has 0 radical (unpaired) electrons. The van der Waals surface area contributed by atoms with Crippen molar-refractivity contribution in [3.05, 3.63) is 59.5 Å². The molecule has 0 saturated carbocycles. The molecular weight excluding hydrogens is 242 g/mol. The third kappa shape index (κ3) is 2.69. The number of rotatable bonds is 3. The van der Waals surface area contributed by atoms with Crippen LogP contribution in [0.25, 0.3) is 0 Å². The van der Waals surface area contributed by atoms with E-state index in [4.69, 9.17) is 9.15 Å². The summed E-state index contributed by atoms with van der Waals surface area (Å²) in [7, 11) is 0. The van der Waals surface area contributed by atoms with E-state index in [-0.39, 0.29) is 12.0 Å². The van der Waals surface area contributed by atoms with E-state index < -0.39 is 0 Å². The summed E-state index contributed by atoms with van der Waals surface area (Å²) in [6, 6.07) is 9.89. The first-order chi connectivity index (χ1) is 9.33. The lowest BCUT2D eigenvalue weighted by Gasteiger charge is -2.25. The monoisotopic (exact) mass is 257 g/mol. The zero-order valence-corrected chi connectivity index (χ0v) is 10.5. The second-order valence-corrected chi connectivity index (χ2v) is 4.63. The van der Waals surface area contributed by atoms with E-state index >= 15 is 0 Å². The van der Waals surface area contributed by atoms with Crippen molar-refractivity contribution in [2.24, 2.45) is 0 Å². The predicted molar refractivity (Wildman–Crippen MR) is 69.8 cm³/mol. The fourth-order valence-corrected chi connectivity index (χ4v) is 2.24. The van der Waals surface area contributed by atoms with Crippen LogP contribution in [0, 0.1) is 0 Å². The average molecular weight is 257 g/mol. The molecule has 4 heteroatoms. The van der Waals surface area contributed by atoms with E-state index in [0.717, 1.165) is 6.42 Å². The summed E-state index contributed by atoms with van der Waals surface area (Å²) >= 11 is 0. The fourth-order valence-electron chi connectivity index (χ4n) is 2.24. The molecule has 0 spiro atoms. The maximum atomic E-state index is 11.8. The van der Waals surface area contributed by atoms with E-state index in [2.05, 4.69) is 17.4 Å². The van der Waals surface area contributed by atoms with Gasteiger partial charge < -0.3 is 14.5 Å². The van der Waals surface area contributed by atoms with Gasteiger partial charge in [0.1, 0.15) is 6.26 Å². The maximum absolute atomic E-state index is 11.8. The molecule has 1 aliphatic rings. The first kappa shape index (κ1) is 12.0. The summed E-state index contributed by atoms with van der Waals surface area (Å²) in [6.45, 7) is 1.13. The van der Waals surface area contributed by atoms with Crippen LogP contribution in [0.3, 0.4) is 0 Å². The first-order valence-electron chi connectivity index (χ1n) is 6.32. The quantitative estimate of drug-likeness (QED) is 0.916. The highest BCUT2D eigenvalue weighted by Crippen LogP contribution is 2.19. The van der Waals surface area contributed by atoms with Gasteiger partial charge in [-0.3, -0.25) is 4.79 Å². The predicted octanol–water partition coefficient (Wildman–Crippen LogP) is 2.15. The number of carbonyl (C=O) groups excluding carboxylic acids is 1. The van der Waals surface area contributed by atoms with Crippen molar-refractivity contribution in [3.63, 3.8) is 0 Å². The molecule has 1 atom stereocenters. The molecule has 2 aromatic rings. The van der Waals surface area contributed by atoms with E-state index in [9.17, 15) is 4.79 Å². The zero-order valence-electron chi connectivity index (χ0n) is 10.5. The van der Waals surface area contributed by atoms with Gasteiger partial charge in [-0.15, -0.1) is 0 Å². The molecule has 1 aliphatic heterocycles. The average Bonchev–Trinajstić information content (AvgIpc) is 2.99. The number of amides is 1. The minimum atomic E-state index is -0.129. The molecule has 98 valence electrons. The van der Waals surface area contributed by atoms with Crippen molar-refractivity contribution in [2.45, 2.75) is 19.1 Å². The summed E-state index contributed by atoms with van der Waals surface area (Å²) in [5, 5.41) is 2.86. The van der Waals surface area contributed by atoms with Crippen LogP contribution >= 0.6 is 0 Å². The largest absolute Gasteiger partial charge is 0.472 e. The molecule has 4 nitrogen and oxygen atoms in total. The second kappa shape index (κ2) is 5.28. The Hall–Kier alpha value is -2.07. The summed E-state index contributed by atoms with van der Waals surface area (Å²) < 4.78 is 10.6. The zero-order chi connectivity index (χ0) is 13.1. The number of carbonyl (C=O) groups is 1. The molecule has 0 aliphatic carbocycles. The molecule has 1 aromatic heterocycles. The van der Waals surface area contributed by atoms with Crippen LogP contribution in [-0.4, -0.2) is 18.6 Å². The summed E-state index contributed by atoms with van der Waals surface area (Å²) in [4.78, 5) is 11.8. The third-order valence-corrected chi connectivity index (χ3v) is 3.31. The van der Waals surface area contributed by atoms with Gasteiger partial charge in [-0.1, -0.05) is 24.3 Å². The molecular formula is C15H15NO3. The van der Waals surface area contributed by atoms with Crippen molar-refractivity contribution in [1.29, 1.82) is 0 Å². The first-order valence-corrected chi connectivity index (χ1v) is 6.32. The van der Waals surface area contributed by atoms with Crippen LogP contribution in [0.2, 0.25) is 0 Å². The SMILES string of the molecule is O=C(NCC1Cc2ccccc2CO1)c1ccoc1. The van der Waals surface area contributed by atoms with Crippen LogP contribution < -0.4 is 5.32 Å². The van der Waals surface area contributed by atoms with Crippen molar-refractivity contribution in [3.8, 4) is 0 Å². The minimum absolute atomic E-state index is 0.0331. The van der Waals surface area contributed by atoms with Crippen molar-refractivity contribution >= 4 is 5.91 Å². The Morgan fingerprint density at radius 2 is 2.11 bits per heavy atom. The van der Waals surface area contributed by atoms with Gasteiger partial charge >= 0.3 is 0 Å². The molecule has 1 amide bonds. The number of fused-ring (bicyclic) bond motifs is 1. The highest BCUT2D eigenvalue weighted by molar-refractivity contribution is 5.93. The number of furan rings is 1. The maximum Gasteiger partial charge on any atom is 0.254 e. The lowest BCUT2D eigenvalue weighted by atomic mass is 9.99. The van der Waals surface area contributed by atoms with Gasteiger partial charge in [0, 0.05) is 13.0 Å². The third-order valence-electron chi connectivity index (χ3n) is 3.31. The van der Waals surface area contributed by atoms with E-state index in [1.807, 2.05) is 12.1 Å². The Kier molecular flexibility index (Phi) is 3.33. The fraction of sp³-hybridized carbons (Fsp3) is 0.267. The van der Waals surface area contributed by atoms with Gasteiger partial charge in [0.05, 0.1) is 24.5 Å². The Morgan fingerprint density at radius 1 is 1.26 bits per heavy atom. The Bertz CT molecular complexity index is 563. The van der Waals surface area contributed by atoms with Gasteiger partial charge in [-0.05, 0) is 17.2 Å². The standard InChI is InChI=1S/C15H15NO3/c17-15(13-5-6-18-9-13)16-8-14-7-11-3-1-2-4-12(11)10-19-14/h1-6,9,14H,7-8,10H2,(H,16,17). The van der Waals surface area contributed by atoms with Gasteiger partial charge in [-0.25, -0.2) is 0 Å². The van der Waals surface area contributed by atoms with Gasteiger partial charge in [0.25, 0.3) is 5.91 Å². The van der Waals surface area contributed by atoms with Gasteiger partial charge in [0.2, 0.25) is 0 Å². The van der Waals surface area contributed by atoms with Gasteiger partial charge in [-0.2, -0.15) is 0 Å². The number of nitrogens with one attached hydrogen (secondary N) is 1. The van der Waals surface area contributed by atoms with E-state index in [0.29, 0.717) is 18.7 Å². The Labute approximate surface area is 111 Å². The number of hydrogen-bond acceptors (Lipinski definition) is 3. The summed E-state index contributed by atoms with van der Waals surface area (Å²) in [5.74, 6) is -0.129. The van der Waals surface area contributed by atoms with Crippen molar-refractivity contribution < 1.29 is 13.9 Å². The van der Waals surface area contributed by atoms with Crippen LogP contribution in [-0.2, 0) is 17.8 Å². The van der Waals surface area contributed by atoms with Crippen molar-refractivity contribution in [1.82, 2.24) is 5.32 Å². The lowest BCUT2D eigenvalue weighted by molar-refractivity contribution is 0.0285. The minimum Gasteiger partial charge on any atom is -0.472 e. The normalized spacial score (nSPS) is 17.8. The lowest BCUT2D eigenvalue weighted by Crippen LogP contribution is -2.36. The molecule has 0 saturated heterocycles. The summed E-state index contributed by atoms with van der Waals surface area (Å²) in [6.07, 6.45) is 3.79. The van der Waals surface area contributed by atoms with E-state index in [1.54, 1.807) is 6.07 Å². The topological polar surface area (TPSA) is 51.5 Å². The Morgan fingerprint density at radius 3 is 2.89 bits per heavy atom. The van der Waals surface area contributed by atoms with E-state index in [1.165, 1.54) is 23.7 Å². The molecule has 0 bridgehead atoms. The highest BCUT2D eigenvalue weighted by Gasteiger charge is 2.19. The van der Waals surface area contributed by atoms with Crippen LogP contribution in [0.4, 0.5) is 0 Å². The molecule has 2 heterocycles. The van der Waals surface area contributed by atoms with Crippen LogP contribution in [0.15, 0.2) is 47.3 Å². The van der Waals surface area contributed by atoms with Gasteiger partial charge in [0.15, 0.2) is 0 Å². The van der Waals surface area contributed by atoms with Crippen LogP contribution in [0.5, 0.6) is 0 Å². The second-order valence-electron chi connectivity index (χ2n) is 4.63. The molecule has 1 unspecified atom stereocenters. The number of ether oxygens (including phenoxy) is 1.